The fourth-order valence-corrected chi connectivity index (χ4v) is 2.31. The van der Waals surface area contributed by atoms with E-state index in [1.165, 1.54) is 0 Å². The number of ether oxygens (including phenoxy) is 1. The SMILES string of the molecule is CCC(C)Oc1cccc(CNC(=O)N2CCCNC(=O)C2)c1. The molecule has 0 aliphatic carbocycles. The highest BCUT2D eigenvalue weighted by molar-refractivity contribution is 5.84. The number of urea groups is 1. The highest BCUT2D eigenvalue weighted by Gasteiger charge is 2.19. The van der Waals surface area contributed by atoms with E-state index >= 15 is 0 Å². The molecule has 0 saturated carbocycles. The minimum absolute atomic E-state index is 0.110. The second-order valence-corrected chi connectivity index (χ2v) is 5.77. The largest absolute Gasteiger partial charge is 0.491 e. The molecule has 0 aromatic heterocycles. The molecule has 126 valence electrons. The van der Waals surface area contributed by atoms with E-state index in [4.69, 9.17) is 4.74 Å². The summed E-state index contributed by atoms with van der Waals surface area (Å²) in [7, 11) is 0. The fourth-order valence-electron chi connectivity index (χ4n) is 2.31. The van der Waals surface area contributed by atoms with E-state index in [-0.39, 0.29) is 24.6 Å². The lowest BCUT2D eigenvalue weighted by atomic mass is 10.2. The van der Waals surface area contributed by atoms with Crippen molar-refractivity contribution < 1.29 is 14.3 Å². The number of carbonyl (C=O) groups excluding carboxylic acids is 2. The molecule has 1 fully saturated rings. The number of benzene rings is 1. The van der Waals surface area contributed by atoms with E-state index < -0.39 is 0 Å². The number of nitrogens with one attached hydrogen (secondary N) is 2. The lowest BCUT2D eigenvalue weighted by molar-refractivity contribution is -0.121. The van der Waals surface area contributed by atoms with Gasteiger partial charge >= 0.3 is 6.03 Å². The molecule has 6 heteroatoms. The maximum atomic E-state index is 12.2. The molecular formula is C17H25N3O3. The minimum Gasteiger partial charge on any atom is -0.491 e. The van der Waals surface area contributed by atoms with Crippen molar-refractivity contribution in [2.24, 2.45) is 0 Å². The van der Waals surface area contributed by atoms with Gasteiger partial charge in [0.1, 0.15) is 12.3 Å². The van der Waals surface area contributed by atoms with Crippen molar-refractivity contribution in [1.82, 2.24) is 15.5 Å². The number of hydrogen-bond donors (Lipinski definition) is 2. The molecule has 1 aliphatic rings. The monoisotopic (exact) mass is 319 g/mol. The molecule has 2 rings (SSSR count). The normalized spacial score (nSPS) is 16.3. The van der Waals surface area contributed by atoms with Crippen LogP contribution >= 0.6 is 0 Å². The summed E-state index contributed by atoms with van der Waals surface area (Å²) in [6.07, 6.45) is 1.88. The lowest BCUT2D eigenvalue weighted by Gasteiger charge is -2.20. The van der Waals surface area contributed by atoms with E-state index in [9.17, 15) is 9.59 Å². The Labute approximate surface area is 137 Å². The molecule has 1 atom stereocenters. The van der Waals surface area contributed by atoms with Crippen LogP contribution in [0.5, 0.6) is 5.75 Å². The quantitative estimate of drug-likeness (QED) is 0.871. The number of carbonyl (C=O) groups is 2. The van der Waals surface area contributed by atoms with Crippen LogP contribution in [0.25, 0.3) is 0 Å². The maximum absolute atomic E-state index is 12.2. The highest BCUT2D eigenvalue weighted by Crippen LogP contribution is 2.16. The molecule has 1 unspecified atom stereocenters. The van der Waals surface area contributed by atoms with Gasteiger partial charge in [0.25, 0.3) is 0 Å². The molecular weight excluding hydrogens is 294 g/mol. The first kappa shape index (κ1) is 17.1. The van der Waals surface area contributed by atoms with Gasteiger partial charge in [-0.15, -0.1) is 0 Å². The van der Waals surface area contributed by atoms with Crippen molar-refractivity contribution in [2.75, 3.05) is 19.6 Å². The first-order valence-corrected chi connectivity index (χ1v) is 8.13. The van der Waals surface area contributed by atoms with E-state index in [0.717, 1.165) is 24.2 Å². The van der Waals surface area contributed by atoms with Crippen LogP contribution in [0, 0.1) is 0 Å². The Morgan fingerprint density at radius 1 is 1.48 bits per heavy atom. The predicted octanol–water partition coefficient (Wildman–Crippen LogP) is 1.90. The average Bonchev–Trinajstić information content (AvgIpc) is 2.77. The first-order chi connectivity index (χ1) is 11.1. The smallest absolute Gasteiger partial charge is 0.318 e. The summed E-state index contributed by atoms with van der Waals surface area (Å²) in [6.45, 7) is 5.84. The van der Waals surface area contributed by atoms with Gasteiger partial charge in [0.15, 0.2) is 0 Å². The third-order valence-corrected chi connectivity index (χ3v) is 3.80. The third kappa shape index (κ3) is 5.47. The van der Waals surface area contributed by atoms with Crippen LogP contribution in [0.4, 0.5) is 4.79 Å². The Morgan fingerprint density at radius 2 is 2.30 bits per heavy atom. The molecule has 0 bridgehead atoms. The van der Waals surface area contributed by atoms with Crippen molar-refractivity contribution in [3.05, 3.63) is 29.8 Å². The second-order valence-electron chi connectivity index (χ2n) is 5.77. The molecule has 6 nitrogen and oxygen atoms in total. The van der Waals surface area contributed by atoms with Crippen LogP contribution in [0.3, 0.4) is 0 Å². The zero-order valence-electron chi connectivity index (χ0n) is 13.8. The minimum atomic E-state index is -0.213. The summed E-state index contributed by atoms with van der Waals surface area (Å²) >= 11 is 0. The van der Waals surface area contributed by atoms with Crippen LogP contribution in [-0.4, -0.2) is 42.6 Å². The Morgan fingerprint density at radius 3 is 3.09 bits per heavy atom. The van der Waals surface area contributed by atoms with Gasteiger partial charge in [0, 0.05) is 19.6 Å². The summed E-state index contributed by atoms with van der Waals surface area (Å²) < 4.78 is 5.78. The van der Waals surface area contributed by atoms with Crippen molar-refractivity contribution in [3.8, 4) is 5.75 Å². The maximum Gasteiger partial charge on any atom is 0.318 e. The van der Waals surface area contributed by atoms with Gasteiger partial charge in [0.05, 0.1) is 6.10 Å². The van der Waals surface area contributed by atoms with Crippen molar-refractivity contribution >= 4 is 11.9 Å². The summed E-state index contributed by atoms with van der Waals surface area (Å²) in [5.41, 5.74) is 0.971. The van der Waals surface area contributed by atoms with E-state index in [0.29, 0.717) is 19.6 Å². The van der Waals surface area contributed by atoms with Crippen molar-refractivity contribution in [1.29, 1.82) is 0 Å². The van der Waals surface area contributed by atoms with E-state index in [1.807, 2.05) is 31.2 Å². The summed E-state index contributed by atoms with van der Waals surface area (Å²) in [5, 5.41) is 5.62. The molecule has 0 radical (unpaired) electrons. The van der Waals surface area contributed by atoms with Crippen molar-refractivity contribution in [2.45, 2.75) is 39.3 Å². The summed E-state index contributed by atoms with van der Waals surface area (Å²) in [6, 6.07) is 7.49. The standard InChI is InChI=1S/C17H25N3O3/c1-3-13(2)23-15-7-4-6-14(10-15)11-19-17(22)20-9-5-8-18-16(21)12-20/h4,6-7,10,13H,3,5,8-9,11-12H2,1-2H3,(H,18,21)(H,19,22). The Balaban J connectivity index is 1.88. The predicted molar refractivity (Wildman–Crippen MR) is 88.3 cm³/mol. The molecule has 0 spiro atoms. The molecule has 1 aliphatic heterocycles. The van der Waals surface area contributed by atoms with Gasteiger partial charge in [0.2, 0.25) is 5.91 Å². The van der Waals surface area contributed by atoms with Gasteiger partial charge in [-0.1, -0.05) is 19.1 Å². The molecule has 23 heavy (non-hydrogen) atoms. The fraction of sp³-hybridized carbons (Fsp3) is 0.529. The molecule has 1 saturated heterocycles. The van der Waals surface area contributed by atoms with Crippen molar-refractivity contribution in [3.63, 3.8) is 0 Å². The first-order valence-electron chi connectivity index (χ1n) is 8.13. The number of nitrogens with zero attached hydrogens (tertiary/aromatic N) is 1. The summed E-state index contributed by atoms with van der Waals surface area (Å²) in [5.74, 6) is 0.696. The van der Waals surface area contributed by atoms with Gasteiger partial charge in [-0.2, -0.15) is 0 Å². The van der Waals surface area contributed by atoms with Crippen LogP contribution in [0.1, 0.15) is 32.3 Å². The van der Waals surface area contributed by atoms with Crippen LogP contribution in [-0.2, 0) is 11.3 Å². The Hall–Kier alpha value is -2.24. The molecule has 1 heterocycles. The number of amides is 3. The third-order valence-electron chi connectivity index (χ3n) is 3.80. The van der Waals surface area contributed by atoms with Crippen LogP contribution in [0.15, 0.2) is 24.3 Å². The molecule has 1 aromatic carbocycles. The Kier molecular flexibility index (Phi) is 6.26. The van der Waals surface area contributed by atoms with Gasteiger partial charge in [-0.3, -0.25) is 4.79 Å². The second kappa shape index (κ2) is 8.41. The van der Waals surface area contributed by atoms with Gasteiger partial charge in [-0.05, 0) is 37.5 Å². The van der Waals surface area contributed by atoms with Gasteiger partial charge < -0.3 is 20.3 Å². The zero-order chi connectivity index (χ0) is 16.7. The summed E-state index contributed by atoms with van der Waals surface area (Å²) in [4.78, 5) is 25.2. The highest BCUT2D eigenvalue weighted by atomic mass is 16.5. The number of rotatable bonds is 5. The van der Waals surface area contributed by atoms with Gasteiger partial charge in [-0.25, -0.2) is 4.79 Å². The van der Waals surface area contributed by atoms with Crippen LogP contribution in [0.2, 0.25) is 0 Å². The van der Waals surface area contributed by atoms with Crippen LogP contribution < -0.4 is 15.4 Å². The average molecular weight is 319 g/mol. The molecule has 1 aromatic rings. The Bertz CT molecular complexity index is 548. The lowest BCUT2D eigenvalue weighted by Crippen LogP contribution is -2.43. The topological polar surface area (TPSA) is 70.7 Å². The van der Waals surface area contributed by atoms with E-state index in [1.54, 1.807) is 4.90 Å². The zero-order valence-corrected chi connectivity index (χ0v) is 13.8. The molecule has 3 amide bonds. The number of hydrogen-bond acceptors (Lipinski definition) is 3. The van der Waals surface area contributed by atoms with E-state index in [2.05, 4.69) is 17.6 Å². The molecule has 2 N–H and O–H groups in total.